The highest BCUT2D eigenvalue weighted by molar-refractivity contribution is 6.05. The summed E-state index contributed by atoms with van der Waals surface area (Å²) in [4.78, 5) is 24.4. The lowest BCUT2D eigenvalue weighted by Gasteiger charge is -2.23. The number of nitrogens with one attached hydrogen (secondary N) is 1. The van der Waals surface area contributed by atoms with Crippen molar-refractivity contribution < 1.29 is 34.4 Å². The van der Waals surface area contributed by atoms with Crippen LogP contribution in [0.2, 0.25) is 0 Å². The molecule has 0 saturated heterocycles. The molecule has 0 bridgehead atoms. The summed E-state index contributed by atoms with van der Waals surface area (Å²) in [5, 5.41) is 56.6. The number of hydrogen-bond donors (Lipinski definition) is 5. The number of aromatic nitrogens is 10. The molecule has 4 aromatic heterocycles. The molecule has 8 aromatic rings. The number of aliphatic hydroxyl groups is 2. The Bertz CT molecular complexity index is 3280. The van der Waals surface area contributed by atoms with Crippen molar-refractivity contribution in [1.82, 2.24) is 49.5 Å². The number of nitrogens with zero attached hydrogens (tertiary/aromatic N) is 10. The van der Waals surface area contributed by atoms with Crippen molar-refractivity contribution >= 4 is 23.3 Å². The maximum atomic E-state index is 13.3. The van der Waals surface area contributed by atoms with Crippen molar-refractivity contribution in [2.24, 2.45) is 14.1 Å². The number of benzene rings is 4. The van der Waals surface area contributed by atoms with Crippen molar-refractivity contribution in [3.05, 3.63) is 141 Å². The van der Waals surface area contributed by atoms with Crippen LogP contribution in [0.25, 0.3) is 33.9 Å². The van der Waals surface area contributed by atoms with Gasteiger partial charge in [-0.1, -0.05) is 71.5 Å². The van der Waals surface area contributed by atoms with Crippen LogP contribution in [-0.4, -0.2) is 91.0 Å². The molecule has 4 aromatic carbocycles. The van der Waals surface area contributed by atoms with E-state index in [1.165, 1.54) is 7.11 Å². The molecule has 0 radical (unpaired) electrons. The van der Waals surface area contributed by atoms with Crippen LogP contribution in [0.5, 0.6) is 11.5 Å². The molecule has 8 rings (SSSR count). The number of aryl methyl sites for hydroxylation is 4. The minimum Gasteiger partial charge on any atom is -0.494 e. The monoisotopic (exact) mass is 1010 g/mol. The molecule has 74 heavy (non-hydrogen) atoms. The summed E-state index contributed by atoms with van der Waals surface area (Å²) >= 11 is 0. The second-order valence-corrected chi connectivity index (χ2v) is 19.7. The van der Waals surface area contributed by atoms with E-state index in [0.29, 0.717) is 51.1 Å². The fourth-order valence-corrected chi connectivity index (χ4v) is 7.78. The van der Waals surface area contributed by atoms with Gasteiger partial charge >= 0.3 is 5.97 Å². The Morgan fingerprint density at radius 3 is 1.49 bits per heavy atom. The van der Waals surface area contributed by atoms with Crippen molar-refractivity contribution in [3.63, 3.8) is 0 Å². The number of carbonyl (C=O) groups is 2. The zero-order chi connectivity index (χ0) is 53.7. The Morgan fingerprint density at radius 2 is 1.08 bits per heavy atom. The van der Waals surface area contributed by atoms with Gasteiger partial charge in [0.1, 0.15) is 22.9 Å². The van der Waals surface area contributed by atoms with E-state index in [1.54, 1.807) is 74.8 Å². The standard InChI is InChI=1S/C27H32N6O3.C15H15N5O2.C12H19NO2.CH4/c1-16-8-9-18(11-24(16)33-14-23(30-31-33)21-13-28-32(6)17(21)2)26(35)29-22-12-20(27(3,4)5)10-19(15-34)25(22)36-7;1-9-4-5-11(15(21)22)6-14(9)20-8-13(17-18-20)12-7-16-19(3)10(12)2;1-12(2,3)9-5-8(7-14)11(15-4)10(13)6-9;/h8-14,34H,15H2,1-7H3,(H,29,35);4-8H,1-3H3,(H,21,22);5-6,14H,7,13H2,1-4H3;1H4. The topological polar surface area (TPSA) is 248 Å². The molecule has 19 nitrogen and oxygen atoms in total. The second-order valence-electron chi connectivity index (χ2n) is 19.7. The van der Waals surface area contributed by atoms with E-state index in [9.17, 15) is 19.8 Å². The van der Waals surface area contributed by atoms with E-state index in [2.05, 4.69) is 77.7 Å². The number of methoxy groups -OCH3 is 2. The number of carbonyl (C=O) groups excluding carboxylic acids is 1. The number of nitrogen functional groups attached to an aromatic ring is 1. The average Bonchev–Trinajstić information content (AvgIpc) is 4.17. The van der Waals surface area contributed by atoms with Gasteiger partial charge in [-0.3, -0.25) is 14.2 Å². The molecular weight excluding hydrogens is 941 g/mol. The predicted octanol–water partition coefficient (Wildman–Crippen LogP) is 9.02. The van der Waals surface area contributed by atoms with Gasteiger partial charge in [0.05, 0.1) is 80.5 Å². The molecule has 0 saturated carbocycles. The van der Waals surface area contributed by atoms with Crippen LogP contribution in [0.4, 0.5) is 11.4 Å². The molecule has 0 aliphatic heterocycles. The van der Waals surface area contributed by atoms with E-state index in [-0.39, 0.29) is 42.9 Å². The summed E-state index contributed by atoms with van der Waals surface area (Å²) in [5.41, 5.74) is 19.4. The lowest BCUT2D eigenvalue weighted by molar-refractivity contribution is 0.0696. The van der Waals surface area contributed by atoms with E-state index < -0.39 is 5.97 Å². The normalized spacial score (nSPS) is 11.2. The van der Waals surface area contributed by atoms with Crippen LogP contribution >= 0.6 is 0 Å². The van der Waals surface area contributed by atoms with Crippen LogP contribution in [0.3, 0.4) is 0 Å². The smallest absolute Gasteiger partial charge is 0.335 e. The number of rotatable bonds is 11. The van der Waals surface area contributed by atoms with Crippen LogP contribution in [0.15, 0.2) is 85.5 Å². The Labute approximate surface area is 432 Å². The highest BCUT2D eigenvalue weighted by Crippen LogP contribution is 2.37. The number of aliphatic hydroxyl groups excluding tert-OH is 2. The second kappa shape index (κ2) is 23.2. The molecule has 392 valence electrons. The van der Waals surface area contributed by atoms with Gasteiger partial charge in [0.2, 0.25) is 0 Å². The molecule has 1 amide bonds. The van der Waals surface area contributed by atoms with Crippen molar-refractivity contribution in [2.75, 3.05) is 25.3 Å². The van der Waals surface area contributed by atoms with Crippen LogP contribution < -0.4 is 20.5 Å². The minimum absolute atomic E-state index is 0. The summed E-state index contributed by atoms with van der Waals surface area (Å²) in [6.07, 6.45) is 7.11. The van der Waals surface area contributed by atoms with Crippen molar-refractivity contribution in [3.8, 4) is 45.4 Å². The summed E-state index contributed by atoms with van der Waals surface area (Å²) in [6, 6.07) is 18.0. The molecule has 0 fully saturated rings. The highest BCUT2D eigenvalue weighted by Gasteiger charge is 2.23. The fraction of sp³-hybridized carbons (Fsp3) is 0.345. The molecule has 0 atom stereocenters. The number of aromatic carboxylic acids is 1. The zero-order valence-corrected chi connectivity index (χ0v) is 44.0. The maximum absolute atomic E-state index is 13.3. The van der Waals surface area contributed by atoms with E-state index in [4.69, 9.17) is 20.3 Å². The highest BCUT2D eigenvalue weighted by atomic mass is 16.5. The first-order valence-corrected chi connectivity index (χ1v) is 23.4. The molecule has 19 heteroatoms. The molecule has 0 aliphatic carbocycles. The number of carboxylic acid groups (broad SMARTS) is 1. The third-order valence-electron chi connectivity index (χ3n) is 12.5. The van der Waals surface area contributed by atoms with Crippen molar-refractivity contribution in [2.45, 2.75) is 101 Å². The molecule has 4 heterocycles. The summed E-state index contributed by atoms with van der Waals surface area (Å²) in [6.45, 7) is 20.1. The summed E-state index contributed by atoms with van der Waals surface area (Å²) < 4.78 is 17.5. The van der Waals surface area contributed by atoms with E-state index in [0.717, 1.165) is 56.0 Å². The van der Waals surface area contributed by atoms with Crippen molar-refractivity contribution in [1.29, 1.82) is 0 Å². The molecule has 0 aliphatic rings. The molecule has 6 N–H and O–H groups in total. The fourth-order valence-electron chi connectivity index (χ4n) is 7.78. The van der Waals surface area contributed by atoms with Crippen LogP contribution in [0, 0.1) is 27.7 Å². The lowest BCUT2D eigenvalue weighted by atomic mass is 9.85. The van der Waals surface area contributed by atoms with Gasteiger partial charge in [-0.15, -0.1) is 10.2 Å². The van der Waals surface area contributed by atoms with Gasteiger partial charge in [0, 0.05) is 53.3 Å². The predicted molar refractivity (Wildman–Crippen MR) is 287 cm³/mol. The quantitative estimate of drug-likeness (QED) is 0.0759. The van der Waals surface area contributed by atoms with Gasteiger partial charge in [-0.05, 0) is 109 Å². The lowest BCUT2D eigenvalue weighted by Crippen LogP contribution is -2.17. The Balaban J connectivity index is 0.000000226. The third-order valence-corrected chi connectivity index (χ3v) is 12.5. The number of ether oxygens (including phenoxy) is 2. The summed E-state index contributed by atoms with van der Waals surface area (Å²) in [5.74, 6) is -0.248. The van der Waals surface area contributed by atoms with E-state index >= 15 is 0 Å². The third kappa shape index (κ3) is 12.5. The number of hydrogen-bond acceptors (Lipinski definition) is 13. The van der Waals surface area contributed by atoms with Gasteiger partial charge in [-0.25, -0.2) is 14.2 Å². The Hall–Kier alpha value is -8.16. The number of carboxylic acids is 1. The SMILES string of the molecule is C.COc1c(CO)cc(C(C)(C)C)cc1NC(=O)c1ccc(C)c(-n2cc(-c3cnn(C)c3C)nn2)c1.COc1c(N)cc(C(C)(C)C)cc1CO.Cc1ccc(C(=O)O)cc1-n1cc(-c2cnn(C)c2C)nn1. The molecular formula is C55H70N12O7. The molecule has 0 spiro atoms. The average molecular weight is 1010 g/mol. The minimum atomic E-state index is -0.968. The number of anilines is 2. The number of amides is 1. The first-order chi connectivity index (χ1) is 34.4. The van der Waals surface area contributed by atoms with Crippen LogP contribution in [-0.2, 0) is 38.1 Å². The first kappa shape index (κ1) is 56.8. The summed E-state index contributed by atoms with van der Waals surface area (Å²) in [7, 11) is 6.83. The Morgan fingerprint density at radius 1 is 0.649 bits per heavy atom. The largest absolute Gasteiger partial charge is 0.494 e. The zero-order valence-electron chi connectivity index (χ0n) is 44.0. The maximum Gasteiger partial charge on any atom is 0.335 e. The number of nitrogens with two attached hydrogens (primary N) is 1. The van der Waals surface area contributed by atoms with Gasteiger partial charge in [0.25, 0.3) is 5.91 Å². The Kier molecular flexibility index (Phi) is 17.8. The van der Waals surface area contributed by atoms with Gasteiger partial charge in [-0.2, -0.15) is 10.2 Å². The van der Waals surface area contributed by atoms with Gasteiger partial charge in [0.15, 0.2) is 0 Å². The first-order valence-electron chi connectivity index (χ1n) is 23.4. The molecule has 0 unspecified atom stereocenters. The van der Waals surface area contributed by atoms with E-state index in [1.807, 2.05) is 78.3 Å². The van der Waals surface area contributed by atoms with Crippen LogP contribution in [0.1, 0.15) is 114 Å². The van der Waals surface area contributed by atoms with Gasteiger partial charge < -0.3 is 35.8 Å².